The fourth-order valence-corrected chi connectivity index (χ4v) is 4.27. The first kappa shape index (κ1) is 44.1. The molecule has 0 spiro atoms. The summed E-state index contributed by atoms with van der Waals surface area (Å²) >= 11 is -0.826. The molecule has 0 unspecified atom stereocenters. The van der Waals surface area contributed by atoms with Crippen molar-refractivity contribution in [3.05, 3.63) is 43.4 Å². The minimum atomic E-state index is -0.826. The summed E-state index contributed by atoms with van der Waals surface area (Å²) in [5, 5.41) is 6.07. The van der Waals surface area contributed by atoms with Crippen LogP contribution in [0.25, 0.3) is 0 Å². The summed E-state index contributed by atoms with van der Waals surface area (Å²) in [5.41, 5.74) is 5.98. The maximum Gasteiger partial charge on any atom is 0 e. The minimum Gasteiger partial charge on any atom is 0 e. The monoisotopic (exact) mass is 738 g/mol. The van der Waals surface area contributed by atoms with E-state index in [0.717, 1.165) is 0 Å². The van der Waals surface area contributed by atoms with Gasteiger partial charge in [0.25, 0.3) is 0 Å². The normalized spacial score (nSPS) is 7.53. The molecule has 0 radical (unpaired) electrons. The molecule has 2 rings (SSSR count). The van der Waals surface area contributed by atoms with Gasteiger partial charge in [-0.05, 0) is 0 Å². The Hall–Kier alpha value is 0.391. The van der Waals surface area contributed by atoms with Gasteiger partial charge in [0.2, 0.25) is 0 Å². The van der Waals surface area contributed by atoms with E-state index in [1.807, 2.05) is 0 Å². The Morgan fingerprint density at radius 1 is 0.633 bits per heavy atom. The van der Waals surface area contributed by atoms with Gasteiger partial charge in [0, 0.05) is 21.1 Å². The van der Waals surface area contributed by atoms with E-state index < -0.39 is 20.8 Å². The fourth-order valence-electron chi connectivity index (χ4n) is 1.92. The van der Waals surface area contributed by atoms with E-state index in [1.165, 1.54) is 59.8 Å². The van der Waals surface area contributed by atoms with Gasteiger partial charge in [-0.2, -0.15) is 32.8 Å². The molecule has 0 aliphatic carbocycles. The van der Waals surface area contributed by atoms with Crippen LogP contribution in [0.15, 0.2) is 0 Å². The summed E-state index contributed by atoms with van der Waals surface area (Å²) in [6.45, 7) is 30.6. The van der Waals surface area contributed by atoms with E-state index >= 15 is 0 Å². The SMILES string of the molecule is Cc1p[c-](C)c(C)c1C.Cc1p[c-](C)c(C)c1C.[CH-]=O.[CH-]=O.[CH-]=O.[CH-]=O.[Cl][Zr+2][Cl].[W]. The number of aryl methyl sites for hydroxylation is 4. The second-order valence-corrected chi connectivity index (χ2v) is 12.0. The standard InChI is InChI=1S/2C8H12P.4CHO.2ClH.W.Zr/c2*1-5-6(2)8(4)9-7(5)3;4*1-2;;;;/h2*1-4H3;4*1H;2*1H;;/q6*-1;;;;+4/p-2. The van der Waals surface area contributed by atoms with E-state index in [0.29, 0.717) is 0 Å². The largest absolute Gasteiger partial charge is 0 e. The third-order valence-electron chi connectivity index (χ3n) is 3.97. The van der Waals surface area contributed by atoms with Crippen molar-refractivity contribution in [2.75, 3.05) is 0 Å². The van der Waals surface area contributed by atoms with Crippen LogP contribution in [0, 0.1) is 55.4 Å². The number of halogens is 2. The van der Waals surface area contributed by atoms with Crippen molar-refractivity contribution >= 4 is 60.6 Å². The zero-order valence-electron chi connectivity index (χ0n) is 18.5. The van der Waals surface area contributed by atoms with E-state index in [-0.39, 0.29) is 21.1 Å². The van der Waals surface area contributed by atoms with Crippen molar-refractivity contribution in [1.82, 2.24) is 0 Å². The Bertz CT molecular complexity index is 550. The molecule has 4 nitrogen and oxygen atoms in total. The molecule has 0 amide bonds. The predicted molar refractivity (Wildman–Crippen MR) is 126 cm³/mol. The number of hydrogen-bond acceptors (Lipinski definition) is 4. The minimum absolute atomic E-state index is 0. The van der Waals surface area contributed by atoms with Crippen molar-refractivity contribution < 1.29 is 61.1 Å². The molecule has 0 fully saturated rings. The van der Waals surface area contributed by atoms with Crippen molar-refractivity contribution in [3.8, 4) is 0 Å². The smallest absolute Gasteiger partial charge is 0 e. The third kappa shape index (κ3) is 20.3. The predicted octanol–water partition coefficient (Wildman–Crippen LogP) is 6.72. The van der Waals surface area contributed by atoms with Crippen molar-refractivity contribution in [3.63, 3.8) is 0 Å². The Morgan fingerprint density at radius 2 is 0.800 bits per heavy atom. The Labute approximate surface area is 218 Å². The number of carbonyl (C=O) groups excluding carboxylic acids is 4. The maximum atomic E-state index is 7.75. The maximum absolute atomic E-state index is 7.75. The van der Waals surface area contributed by atoms with Gasteiger partial charge in [-0.3, -0.25) is 27.2 Å². The molecule has 0 N–H and O–H groups in total. The first-order valence-corrected chi connectivity index (χ1v) is 15.8. The average Bonchev–Trinajstić information content (AvgIpc) is 3.12. The Kier molecular flexibility index (Phi) is 46.4. The molecule has 10 heteroatoms. The molecule has 2 aromatic rings. The van der Waals surface area contributed by atoms with Crippen LogP contribution in [0.2, 0.25) is 0 Å². The summed E-state index contributed by atoms with van der Waals surface area (Å²) in [5.74, 6) is 0. The molecule has 2 aromatic heterocycles. The first-order valence-electron chi connectivity index (χ1n) is 7.72. The molecule has 0 atom stereocenters. The van der Waals surface area contributed by atoms with Crippen molar-refractivity contribution in [2.45, 2.75) is 55.4 Å². The van der Waals surface area contributed by atoms with Gasteiger partial charge in [-0.25, -0.2) is 16.4 Å². The molecule has 0 aliphatic heterocycles. The van der Waals surface area contributed by atoms with Gasteiger partial charge in [0.1, 0.15) is 0 Å². The summed E-state index contributed by atoms with van der Waals surface area (Å²) in [4.78, 5) is 31.0. The molecule has 0 aliphatic rings. The number of rotatable bonds is 0. The summed E-state index contributed by atoms with van der Waals surface area (Å²) in [6.07, 6.45) is 0. The van der Waals surface area contributed by atoms with Crippen LogP contribution in [0.1, 0.15) is 43.4 Å². The van der Waals surface area contributed by atoms with Crippen LogP contribution in [0.3, 0.4) is 0 Å². The van der Waals surface area contributed by atoms with Gasteiger partial charge in [0.15, 0.2) is 0 Å². The molecule has 0 saturated heterocycles. The van der Waals surface area contributed by atoms with Crippen molar-refractivity contribution in [2.24, 2.45) is 0 Å². The van der Waals surface area contributed by atoms with Crippen LogP contribution in [-0.4, -0.2) is 27.2 Å². The van der Waals surface area contributed by atoms with Crippen LogP contribution < -0.4 is 0 Å². The quantitative estimate of drug-likeness (QED) is 0.223. The van der Waals surface area contributed by atoms with Gasteiger partial charge in [0.05, 0.1) is 0 Å². The van der Waals surface area contributed by atoms with Gasteiger partial charge in [-0.15, -0.1) is 10.6 Å². The van der Waals surface area contributed by atoms with E-state index in [1.54, 1.807) is 0 Å². The van der Waals surface area contributed by atoms with Crippen molar-refractivity contribution in [1.29, 1.82) is 0 Å². The second kappa shape index (κ2) is 31.6. The summed E-state index contributed by atoms with van der Waals surface area (Å²) in [7, 11) is 12.7. The molecule has 2 heterocycles. The third-order valence-corrected chi connectivity index (χ3v) is 6.65. The molecule has 0 saturated carbocycles. The van der Waals surface area contributed by atoms with E-state index in [9.17, 15) is 0 Å². The summed E-state index contributed by atoms with van der Waals surface area (Å²) < 4.78 is 0. The molecule has 0 bridgehead atoms. The fraction of sp³-hybridized carbons (Fsp3) is 0.400. The van der Waals surface area contributed by atoms with Gasteiger partial charge in [-0.1, -0.05) is 55.4 Å². The Balaban J connectivity index is -0.0000000644. The zero-order valence-corrected chi connectivity index (χ0v) is 27.2. The first-order chi connectivity index (χ1) is 13.7. The van der Waals surface area contributed by atoms with Crippen LogP contribution in [-0.2, 0) is 61.1 Å². The van der Waals surface area contributed by atoms with Crippen LogP contribution in [0.5, 0.6) is 0 Å². The zero-order chi connectivity index (χ0) is 24.7. The van der Waals surface area contributed by atoms with Gasteiger partial charge >= 0.3 is 37.9 Å². The molecule has 0 aromatic carbocycles. The summed E-state index contributed by atoms with van der Waals surface area (Å²) in [6, 6.07) is 0. The Morgan fingerprint density at radius 3 is 0.833 bits per heavy atom. The molecular weight excluding hydrogens is 712 g/mol. The van der Waals surface area contributed by atoms with E-state index in [4.69, 9.17) is 36.2 Å². The number of hydrogen-bond donors (Lipinski definition) is 0. The molecule has 170 valence electrons. The average molecular weight is 740 g/mol. The topological polar surface area (TPSA) is 68.3 Å². The molecule has 30 heavy (non-hydrogen) atoms. The van der Waals surface area contributed by atoms with E-state index in [2.05, 4.69) is 82.5 Å². The second-order valence-electron chi connectivity index (χ2n) is 5.14. The van der Waals surface area contributed by atoms with Crippen LogP contribution >= 0.6 is 33.4 Å². The van der Waals surface area contributed by atoms with Crippen LogP contribution in [0.4, 0.5) is 0 Å². The van der Waals surface area contributed by atoms with Gasteiger partial charge < -0.3 is 19.2 Å². The molecular formula is C20H28Cl2O4P2WZr-4.